The van der Waals surface area contributed by atoms with Crippen LogP contribution in [0.1, 0.15) is 18.9 Å². The number of rotatable bonds is 6. The molecule has 0 radical (unpaired) electrons. The molecule has 4 heteroatoms. The van der Waals surface area contributed by atoms with E-state index in [9.17, 15) is 5.26 Å². The van der Waals surface area contributed by atoms with E-state index in [0.717, 1.165) is 42.8 Å². The lowest BCUT2D eigenvalue weighted by Gasteiger charge is -2.23. The monoisotopic (exact) mass is 282 g/mol. The normalized spacial score (nSPS) is 10.8. The minimum atomic E-state index is 0.696. The Hall–Kier alpha value is -2.12. The van der Waals surface area contributed by atoms with Gasteiger partial charge in [-0.1, -0.05) is 18.2 Å². The highest BCUT2D eigenvalue weighted by Gasteiger charge is 2.10. The van der Waals surface area contributed by atoms with Crippen LogP contribution in [0.15, 0.2) is 30.3 Å². The van der Waals surface area contributed by atoms with E-state index >= 15 is 0 Å². The standard InChI is InChI=1S/C17H22N4/c1-4-21(11-7-10-20(2)3)17-12-14(13-18)15-8-5-6-9-16(15)19-17/h5-6,8-9,12H,4,7,10-11H2,1-3H3. The zero-order valence-electron chi connectivity index (χ0n) is 13.0. The van der Waals surface area contributed by atoms with Crippen LogP contribution < -0.4 is 4.90 Å². The van der Waals surface area contributed by atoms with Crippen molar-refractivity contribution in [2.45, 2.75) is 13.3 Å². The van der Waals surface area contributed by atoms with Crippen molar-refractivity contribution in [1.29, 1.82) is 5.26 Å². The number of para-hydroxylation sites is 1. The van der Waals surface area contributed by atoms with Crippen molar-refractivity contribution in [1.82, 2.24) is 9.88 Å². The Morgan fingerprint density at radius 2 is 1.95 bits per heavy atom. The first-order valence-corrected chi connectivity index (χ1v) is 7.35. The van der Waals surface area contributed by atoms with E-state index in [2.05, 4.69) is 36.9 Å². The lowest BCUT2D eigenvalue weighted by atomic mass is 10.1. The van der Waals surface area contributed by atoms with Crippen LogP contribution in [0.3, 0.4) is 0 Å². The SMILES string of the molecule is CCN(CCCN(C)C)c1cc(C#N)c2ccccc2n1. The molecule has 1 aromatic heterocycles. The number of hydrogen-bond donors (Lipinski definition) is 0. The zero-order valence-corrected chi connectivity index (χ0v) is 13.0. The van der Waals surface area contributed by atoms with Crippen molar-refractivity contribution < 1.29 is 0 Å². The highest BCUT2D eigenvalue weighted by atomic mass is 15.2. The molecule has 21 heavy (non-hydrogen) atoms. The summed E-state index contributed by atoms with van der Waals surface area (Å²) in [4.78, 5) is 9.13. The molecule has 0 unspecified atom stereocenters. The maximum atomic E-state index is 9.36. The number of nitrogens with zero attached hydrogens (tertiary/aromatic N) is 4. The van der Waals surface area contributed by atoms with Gasteiger partial charge in [-0.3, -0.25) is 0 Å². The maximum absolute atomic E-state index is 9.36. The summed E-state index contributed by atoms with van der Waals surface area (Å²) in [7, 11) is 4.16. The molecule has 0 atom stereocenters. The molecule has 0 aliphatic carbocycles. The number of fused-ring (bicyclic) bond motifs is 1. The number of anilines is 1. The van der Waals surface area contributed by atoms with Gasteiger partial charge in [0.15, 0.2) is 0 Å². The zero-order chi connectivity index (χ0) is 15.2. The number of aromatic nitrogens is 1. The Balaban J connectivity index is 2.29. The Labute approximate surface area is 126 Å². The summed E-state index contributed by atoms with van der Waals surface area (Å²) >= 11 is 0. The van der Waals surface area contributed by atoms with Gasteiger partial charge in [0, 0.05) is 18.5 Å². The van der Waals surface area contributed by atoms with Gasteiger partial charge in [0.1, 0.15) is 5.82 Å². The molecule has 4 nitrogen and oxygen atoms in total. The van der Waals surface area contributed by atoms with Gasteiger partial charge < -0.3 is 9.80 Å². The molecule has 0 aliphatic heterocycles. The van der Waals surface area contributed by atoms with Crippen LogP contribution >= 0.6 is 0 Å². The lowest BCUT2D eigenvalue weighted by molar-refractivity contribution is 0.400. The van der Waals surface area contributed by atoms with Crippen LogP contribution in [0.25, 0.3) is 10.9 Å². The second kappa shape index (κ2) is 7.05. The Morgan fingerprint density at radius 1 is 1.19 bits per heavy atom. The maximum Gasteiger partial charge on any atom is 0.130 e. The Bertz CT molecular complexity index is 643. The summed E-state index contributed by atoms with van der Waals surface area (Å²) < 4.78 is 0. The van der Waals surface area contributed by atoms with E-state index in [-0.39, 0.29) is 0 Å². The molecule has 0 fully saturated rings. The highest BCUT2D eigenvalue weighted by Crippen LogP contribution is 2.22. The van der Waals surface area contributed by atoms with Crippen LogP contribution in [0.5, 0.6) is 0 Å². The Kier molecular flexibility index (Phi) is 5.13. The van der Waals surface area contributed by atoms with E-state index in [4.69, 9.17) is 4.98 Å². The molecule has 0 aliphatic rings. The molecule has 1 heterocycles. The topological polar surface area (TPSA) is 43.2 Å². The van der Waals surface area contributed by atoms with E-state index in [1.165, 1.54) is 0 Å². The van der Waals surface area contributed by atoms with Crippen molar-refractivity contribution in [2.24, 2.45) is 0 Å². The van der Waals surface area contributed by atoms with Gasteiger partial charge in [-0.05, 0) is 46.1 Å². The summed E-state index contributed by atoms with van der Waals surface area (Å²) in [5, 5.41) is 10.3. The third-order valence-corrected chi connectivity index (χ3v) is 3.56. The molecule has 2 rings (SSSR count). The van der Waals surface area contributed by atoms with Gasteiger partial charge in [-0.2, -0.15) is 5.26 Å². The highest BCUT2D eigenvalue weighted by molar-refractivity contribution is 5.86. The fraction of sp³-hybridized carbons (Fsp3) is 0.412. The summed E-state index contributed by atoms with van der Waals surface area (Å²) in [6.07, 6.45) is 1.08. The third kappa shape index (κ3) is 3.71. The molecule has 0 saturated carbocycles. The first-order chi connectivity index (χ1) is 10.2. The quantitative estimate of drug-likeness (QED) is 0.817. The molecular weight excluding hydrogens is 260 g/mol. The number of pyridine rings is 1. The first kappa shape index (κ1) is 15.3. The Morgan fingerprint density at radius 3 is 2.62 bits per heavy atom. The van der Waals surface area contributed by atoms with Crippen LogP contribution in [-0.4, -0.2) is 43.6 Å². The smallest absolute Gasteiger partial charge is 0.130 e. The lowest BCUT2D eigenvalue weighted by Crippen LogP contribution is -2.27. The van der Waals surface area contributed by atoms with Gasteiger partial charge in [0.2, 0.25) is 0 Å². The summed E-state index contributed by atoms with van der Waals surface area (Å²) in [6, 6.07) is 12.0. The number of nitriles is 1. The molecule has 0 N–H and O–H groups in total. The molecule has 0 bridgehead atoms. The summed E-state index contributed by atoms with van der Waals surface area (Å²) in [5.41, 5.74) is 1.58. The second-order valence-corrected chi connectivity index (χ2v) is 5.39. The van der Waals surface area contributed by atoms with Crippen LogP contribution in [0, 0.1) is 11.3 Å². The van der Waals surface area contributed by atoms with Gasteiger partial charge in [0.05, 0.1) is 17.1 Å². The predicted octanol–water partition coefficient (Wildman–Crippen LogP) is 2.88. The van der Waals surface area contributed by atoms with Gasteiger partial charge in [-0.15, -0.1) is 0 Å². The summed E-state index contributed by atoms with van der Waals surface area (Å²) in [6.45, 7) is 5.02. The minimum absolute atomic E-state index is 0.696. The van der Waals surface area contributed by atoms with Crippen LogP contribution in [-0.2, 0) is 0 Å². The van der Waals surface area contributed by atoms with E-state index in [1.54, 1.807) is 0 Å². The summed E-state index contributed by atoms with van der Waals surface area (Å²) in [5.74, 6) is 0.895. The van der Waals surface area contributed by atoms with Crippen molar-refractivity contribution in [2.75, 3.05) is 38.6 Å². The van der Waals surface area contributed by atoms with Crippen LogP contribution in [0.4, 0.5) is 5.82 Å². The molecule has 0 spiro atoms. The third-order valence-electron chi connectivity index (χ3n) is 3.56. The molecule has 0 saturated heterocycles. The molecule has 1 aromatic carbocycles. The molecule has 0 amide bonds. The van der Waals surface area contributed by atoms with Crippen molar-refractivity contribution >= 4 is 16.7 Å². The van der Waals surface area contributed by atoms with E-state index in [0.29, 0.717) is 5.56 Å². The predicted molar refractivity (Wildman–Crippen MR) is 87.5 cm³/mol. The van der Waals surface area contributed by atoms with Crippen LogP contribution in [0.2, 0.25) is 0 Å². The largest absolute Gasteiger partial charge is 0.357 e. The van der Waals surface area contributed by atoms with Crippen molar-refractivity contribution in [3.8, 4) is 6.07 Å². The van der Waals surface area contributed by atoms with Gasteiger partial charge >= 0.3 is 0 Å². The molecule has 2 aromatic rings. The minimum Gasteiger partial charge on any atom is -0.357 e. The molecule has 110 valence electrons. The first-order valence-electron chi connectivity index (χ1n) is 7.35. The second-order valence-electron chi connectivity index (χ2n) is 5.39. The average Bonchev–Trinajstić information content (AvgIpc) is 2.50. The van der Waals surface area contributed by atoms with E-state index < -0.39 is 0 Å². The number of benzene rings is 1. The van der Waals surface area contributed by atoms with Gasteiger partial charge in [0.25, 0.3) is 0 Å². The fourth-order valence-electron chi connectivity index (χ4n) is 2.43. The number of hydrogen-bond acceptors (Lipinski definition) is 4. The average molecular weight is 282 g/mol. The van der Waals surface area contributed by atoms with Gasteiger partial charge in [-0.25, -0.2) is 4.98 Å². The van der Waals surface area contributed by atoms with Crippen molar-refractivity contribution in [3.05, 3.63) is 35.9 Å². The van der Waals surface area contributed by atoms with E-state index in [1.807, 2.05) is 30.3 Å². The fourth-order valence-corrected chi connectivity index (χ4v) is 2.43. The molecular formula is C17H22N4. The van der Waals surface area contributed by atoms with Crippen molar-refractivity contribution in [3.63, 3.8) is 0 Å².